The van der Waals surface area contributed by atoms with E-state index < -0.39 is 0 Å². The Morgan fingerprint density at radius 2 is 1.96 bits per heavy atom. The molecule has 0 unspecified atom stereocenters. The molecule has 0 bridgehead atoms. The van der Waals surface area contributed by atoms with Gasteiger partial charge < -0.3 is 5.32 Å². The Morgan fingerprint density at radius 1 is 1.21 bits per heavy atom. The third-order valence-electron chi connectivity index (χ3n) is 5.08. The number of aromatic nitrogens is 3. The van der Waals surface area contributed by atoms with Crippen LogP contribution in [0.1, 0.15) is 57.0 Å². The standard InChI is InChI=1S/C22H30N4O2/c1-22(2,3)18-11-8-17(9-12-18)10-13-20(27)23-14-6-16-26-21(28)25-15-5-4-7-19(25)24-26/h8-13H,4-7,14-16H2,1-3H3,(H,23,27)/b13-10+. The molecule has 28 heavy (non-hydrogen) atoms. The van der Waals surface area contributed by atoms with Gasteiger partial charge in [-0.15, -0.1) is 0 Å². The van der Waals surface area contributed by atoms with E-state index in [0.29, 0.717) is 19.5 Å². The average molecular weight is 383 g/mol. The first-order valence-corrected chi connectivity index (χ1v) is 10.1. The number of benzene rings is 1. The summed E-state index contributed by atoms with van der Waals surface area (Å²) in [7, 11) is 0. The molecule has 1 aromatic heterocycles. The highest BCUT2D eigenvalue weighted by atomic mass is 16.2. The Labute approximate surface area is 166 Å². The summed E-state index contributed by atoms with van der Waals surface area (Å²) < 4.78 is 3.30. The van der Waals surface area contributed by atoms with Crippen molar-refractivity contribution in [2.75, 3.05) is 6.54 Å². The molecule has 1 amide bonds. The molecule has 0 atom stereocenters. The van der Waals surface area contributed by atoms with Gasteiger partial charge in [0.15, 0.2) is 0 Å². The maximum Gasteiger partial charge on any atom is 0.345 e. The third-order valence-corrected chi connectivity index (χ3v) is 5.08. The highest BCUT2D eigenvalue weighted by Gasteiger charge is 2.16. The summed E-state index contributed by atoms with van der Waals surface area (Å²) >= 11 is 0. The minimum atomic E-state index is -0.128. The van der Waals surface area contributed by atoms with E-state index in [9.17, 15) is 9.59 Å². The van der Waals surface area contributed by atoms with Gasteiger partial charge in [-0.25, -0.2) is 9.48 Å². The molecule has 1 aliphatic heterocycles. The van der Waals surface area contributed by atoms with Gasteiger partial charge in [-0.05, 0) is 41.9 Å². The van der Waals surface area contributed by atoms with E-state index in [1.54, 1.807) is 10.6 Å². The van der Waals surface area contributed by atoms with Crippen LogP contribution >= 0.6 is 0 Å². The second-order valence-electron chi connectivity index (χ2n) is 8.38. The number of nitrogens with one attached hydrogen (secondary N) is 1. The second-order valence-corrected chi connectivity index (χ2v) is 8.38. The molecule has 1 aromatic carbocycles. The number of carbonyl (C=O) groups is 1. The van der Waals surface area contributed by atoms with E-state index in [-0.39, 0.29) is 17.0 Å². The quantitative estimate of drug-likeness (QED) is 0.617. The first-order valence-electron chi connectivity index (χ1n) is 10.1. The molecule has 1 aliphatic rings. The SMILES string of the molecule is CC(C)(C)c1ccc(/C=C/C(=O)NCCCn2nc3n(c2=O)CCCC3)cc1. The van der Waals surface area contributed by atoms with Crippen molar-refractivity contribution in [3.05, 3.63) is 57.8 Å². The van der Waals surface area contributed by atoms with Gasteiger partial charge in [-0.2, -0.15) is 5.10 Å². The molecule has 2 heterocycles. The summed E-state index contributed by atoms with van der Waals surface area (Å²) in [5, 5.41) is 7.27. The molecule has 3 rings (SSSR count). The topological polar surface area (TPSA) is 68.9 Å². The lowest BCUT2D eigenvalue weighted by Crippen LogP contribution is -2.28. The molecular weight excluding hydrogens is 352 g/mol. The van der Waals surface area contributed by atoms with E-state index in [2.05, 4.69) is 43.3 Å². The summed E-state index contributed by atoms with van der Waals surface area (Å²) in [5.41, 5.74) is 2.36. The number of nitrogens with zero attached hydrogens (tertiary/aromatic N) is 3. The van der Waals surface area contributed by atoms with Crippen LogP contribution in [0.4, 0.5) is 0 Å². The lowest BCUT2D eigenvalue weighted by atomic mass is 9.87. The number of fused-ring (bicyclic) bond motifs is 1. The lowest BCUT2D eigenvalue weighted by molar-refractivity contribution is -0.116. The minimum absolute atomic E-state index is 0.0281. The van der Waals surface area contributed by atoms with Gasteiger partial charge >= 0.3 is 5.69 Å². The monoisotopic (exact) mass is 382 g/mol. The van der Waals surface area contributed by atoms with Gasteiger partial charge in [0.2, 0.25) is 5.91 Å². The van der Waals surface area contributed by atoms with Crippen LogP contribution in [0.2, 0.25) is 0 Å². The number of rotatable bonds is 6. The normalized spacial score (nSPS) is 14.2. The molecule has 0 aliphatic carbocycles. The van der Waals surface area contributed by atoms with E-state index >= 15 is 0 Å². The van der Waals surface area contributed by atoms with Crippen LogP contribution in [0.15, 0.2) is 35.1 Å². The number of hydrogen-bond donors (Lipinski definition) is 1. The predicted octanol–water partition coefficient (Wildman–Crippen LogP) is 2.90. The Kier molecular flexibility index (Phi) is 6.17. The highest BCUT2D eigenvalue weighted by molar-refractivity contribution is 5.91. The Morgan fingerprint density at radius 3 is 2.64 bits per heavy atom. The molecule has 0 radical (unpaired) electrons. The van der Waals surface area contributed by atoms with E-state index in [0.717, 1.165) is 37.2 Å². The highest BCUT2D eigenvalue weighted by Crippen LogP contribution is 2.22. The van der Waals surface area contributed by atoms with Crippen molar-refractivity contribution in [3.8, 4) is 0 Å². The van der Waals surface area contributed by atoms with Crippen LogP contribution in [-0.2, 0) is 29.7 Å². The van der Waals surface area contributed by atoms with E-state index in [1.165, 1.54) is 10.2 Å². The zero-order valence-corrected chi connectivity index (χ0v) is 17.1. The maximum absolute atomic E-state index is 12.3. The fourth-order valence-corrected chi connectivity index (χ4v) is 3.36. The molecule has 0 saturated carbocycles. The smallest absolute Gasteiger partial charge is 0.345 e. The molecule has 2 aromatic rings. The molecule has 0 spiro atoms. The Balaban J connectivity index is 1.44. The zero-order chi connectivity index (χ0) is 20.1. The van der Waals surface area contributed by atoms with Crippen LogP contribution < -0.4 is 11.0 Å². The molecule has 6 heteroatoms. The average Bonchev–Trinajstić information content (AvgIpc) is 2.99. The van der Waals surface area contributed by atoms with Crippen LogP contribution in [0.5, 0.6) is 0 Å². The summed E-state index contributed by atoms with van der Waals surface area (Å²) in [4.78, 5) is 24.2. The number of hydrogen-bond acceptors (Lipinski definition) is 3. The maximum atomic E-state index is 12.3. The van der Waals surface area contributed by atoms with Gasteiger partial charge in [-0.3, -0.25) is 9.36 Å². The molecule has 1 N–H and O–H groups in total. The van der Waals surface area contributed by atoms with Gasteiger partial charge in [0.05, 0.1) is 0 Å². The fraction of sp³-hybridized carbons (Fsp3) is 0.500. The number of carbonyl (C=O) groups excluding carboxylic acids is 1. The molecule has 6 nitrogen and oxygen atoms in total. The van der Waals surface area contributed by atoms with Gasteiger partial charge in [0, 0.05) is 32.1 Å². The summed E-state index contributed by atoms with van der Waals surface area (Å²) in [6.45, 7) is 8.35. The van der Waals surface area contributed by atoms with E-state index in [1.807, 2.05) is 18.2 Å². The van der Waals surface area contributed by atoms with Gasteiger partial charge in [-0.1, -0.05) is 45.0 Å². The number of amides is 1. The van der Waals surface area contributed by atoms with E-state index in [4.69, 9.17) is 0 Å². The van der Waals surface area contributed by atoms with Crippen molar-refractivity contribution in [3.63, 3.8) is 0 Å². The lowest BCUT2D eigenvalue weighted by Gasteiger charge is -2.18. The van der Waals surface area contributed by atoms with Crippen molar-refractivity contribution < 1.29 is 4.79 Å². The van der Waals surface area contributed by atoms with Crippen molar-refractivity contribution in [2.24, 2.45) is 0 Å². The van der Waals surface area contributed by atoms with Crippen molar-refractivity contribution in [1.29, 1.82) is 0 Å². The predicted molar refractivity (Wildman–Crippen MR) is 111 cm³/mol. The second kappa shape index (κ2) is 8.59. The molecule has 0 saturated heterocycles. The van der Waals surface area contributed by atoms with Crippen LogP contribution in [0.3, 0.4) is 0 Å². The van der Waals surface area contributed by atoms with Crippen molar-refractivity contribution in [1.82, 2.24) is 19.7 Å². The first kappa shape index (κ1) is 20.1. The summed E-state index contributed by atoms with van der Waals surface area (Å²) in [6.07, 6.45) is 7.05. The first-order chi connectivity index (χ1) is 13.3. The van der Waals surface area contributed by atoms with Gasteiger partial charge in [0.25, 0.3) is 0 Å². The third kappa shape index (κ3) is 5.00. The Hall–Kier alpha value is -2.63. The summed E-state index contributed by atoms with van der Waals surface area (Å²) in [6, 6.07) is 8.24. The van der Waals surface area contributed by atoms with Crippen LogP contribution in [0, 0.1) is 0 Å². The van der Waals surface area contributed by atoms with Gasteiger partial charge in [0.1, 0.15) is 5.82 Å². The van der Waals surface area contributed by atoms with Crippen LogP contribution in [-0.4, -0.2) is 26.8 Å². The van der Waals surface area contributed by atoms with Crippen molar-refractivity contribution in [2.45, 2.75) is 65.0 Å². The van der Waals surface area contributed by atoms with Crippen molar-refractivity contribution >= 4 is 12.0 Å². The zero-order valence-electron chi connectivity index (χ0n) is 17.1. The summed E-state index contributed by atoms with van der Waals surface area (Å²) in [5.74, 6) is 0.761. The fourth-order valence-electron chi connectivity index (χ4n) is 3.36. The minimum Gasteiger partial charge on any atom is -0.352 e. The largest absolute Gasteiger partial charge is 0.352 e. The number of aryl methyl sites for hydroxylation is 2. The Bertz CT molecular complexity index is 898. The van der Waals surface area contributed by atoms with Crippen LogP contribution in [0.25, 0.3) is 6.08 Å². The molecule has 0 fully saturated rings. The molecular formula is C22H30N4O2. The molecule has 150 valence electrons.